The number of hydrogen-bond acceptors (Lipinski definition) is 2. The molecule has 0 atom stereocenters. The first-order valence-corrected chi connectivity index (χ1v) is 6.86. The van der Waals surface area contributed by atoms with Crippen LogP contribution in [0.3, 0.4) is 0 Å². The molecule has 0 amide bonds. The molecule has 0 fully saturated rings. The van der Waals surface area contributed by atoms with Crippen LogP contribution < -0.4 is 5.73 Å². The number of aromatic nitrogens is 2. The maximum Gasteiger partial charge on any atom is 0.111 e. The summed E-state index contributed by atoms with van der Waals surface area (Å²) in [4.78, 5) is 4.57. The van der Waals surface area contributed by atoms with Crippen LogP contribution in [0.1, 0.15) is 11.4 Å². The summed E-state index contributed by atoms with van der Waals surface area (Å²) in [6.45, 7) is 4.08. The van der Waals surface area contributed by atoms with Gasteiger partial charge >= 0.3 is 0 Å². The Morgan fingerprint density at radius 1 is 1.11 bits per heavy atom. The lowest BCUT2D eigenvalue weighted by atomic mass is 10.2. The lowest BCUT2D eigenvalue weighted by Crippen LogP contribution is -1.97. The minimum absolute atomic E-state index is 0.738. The standard InChI is InChI=1S/C15H14BrN3/c1-9-3-5-12(8-13(9)16)19-10(2)18-14-7-11(17)4-6-15(14)19/h3-8H,17H2,1-2H3. The summed E-state index contributed by atoms with van der Waals surface area (Å²) in [5.41, 5.74) is 10.9. The Kier molecular flexibility index (Phi) is 2.82. The second-order valence-electron chi connectivity index (χ2n) is 4.68. The molecule has 0 bridgehead atoms. The van der Waals surface area contributed by atoms with E-state index in [-0.39, 0.29) is 0 Å². The lowest BCUT2D eigenvalue weighted by Gasteiger charge is -2.09. The molecule has 1 heterocycles. The second-order valence-corrected chi connectivity index (χ2v) is 5.53. The molecule has 0 aliphatic heterocycles. The minimum Gasteiger partial charge on any atom is -0.399 e. The summed E-state index contributed by atoms with van der Waals surface area (Å²) in [7, 11) is 0. The van der Waals surface area contributed by atoms with Gasteiger partial charge in [0, 0.05) is 15.8 Å². The average Bonchev–Trinajstić information content (AvgIpc) is 2.68. The zero-order valence-electron chi connectivity index (χ0n) is 10.8. The van der Waals surface area contributed by atoms with Gasteiger partial charge in [-0.05, 0) is 49.7 Å². The van der Waals surface area contributed by atoms with Crippen LogP contribution in [0, 0.1) is 13.8 Å². The van der Waals surface area contributed by atoms with Crippen LogP contribution >= 0.6 is 15.9 Å². The van der Waals surface area contributed by atoms with E-state index in [9.17, 15) is 0 Å². The molecule has 1 aromatic heterocycles. The van der Waals surface area contributed by atoms with Crippen LogP contribution in [-0.2, 0) is 0 Å². The van der Waals surface area contributed by atoms with Gasteiger partial charge in [-0.25, -0.2) is 4.98 Å². The molecule has 3 aromatic rings. The second kappa shape index (κ2) is 4.38. The molecule has 0 saturated carbocycles. The van der Waals surface area contributed by atoms with Crippen LogP contribution in [-0.4, -0.2) is 9.55 Å². The number of fused-ring (bicyclic) bond motifs is 1. The first-order chi connectivity index (χ1) is 9.06. The number of imidazole rings is 1. The fourth-order valence-electron chi connectivity index (χ4n) is 2.26. The first-order valence-electron chi connectivity index (χ1n) is 6.07. The van der Waals surface area contributed by atoms with Gasteiger partial charge in [-0.15, -0.1) is 0 Å². The number of nitrogens with zero attached hydrogens (tertiary/aromatic N) is 2. The van der Waals surface area contributed by atoms with Gasteiger partial charge in [0.05, 0.1) is 11.0 Å². The van der Waals surface area contributed by atoms with E-state index in [1.54, 1.807) is 0 Å². The summed E-state index contributed by atoms with van der Waals surface area (Å²) in [6.07, 6.45) is 0. The van der Waals surface area contributed by atoms with Crippen LogP contribution in [0.2, 0.25) is 0 Å². The van der Waals surface area contributed by atoms with Crippen molar-refractivity contribution >= 4 is 32.7 Å². The number of halogens is 1. The van der Waals surface area contributed by atoms with E-state index in [4.69, 9.17) is 5.73 Å². The molecule has 4 heteroatoms. The molecule has 0 unspecified atom stereocenters. The normalized spacial score (nSPS) is 11.1. The van der Waals surface area contributed by atoms with Gasteiger partial charge in [0.2, 0.25) is 0 Å². The van der Waals surface area contributed by atoms with Crippen molar-refractivity contribution in [1.29, 1.82) is 0 Å². The molecule has 0 aliphatic rings. The molecule has 2 N–H and O–H groups in total. The summed E-state index contributed by atoms with van der Waals surface area (Å²) in [5, 5.41) is 0. The Morgan fingerprint density at radius 3 is 2.63 bits per heavy atom. The molecule has 3 nitrogen and oxygen atoms in total. The van der Waals surface area contributed by atoms with E-state index < -0.39 is 0 Å². The van der Waals surface area contributed by atoms with Crippen molar-refractivity contribution in [3.05, 3.63) is 52.3 Å². The minimum atomic E-state index is 0.738. The zero-order chi connectivity index (χ0) is 13.6. The Hall–Kier alpha value is -1.81. The van der Waals surface area contributed by atoms with Crippen molar-refractivity contribution in [2.75, 3.05) is 5.73 Å². The molecule has 0 aliphatic carbocycles. The van der Waals surface area contributed by atoms with Crippen molar-refractivity contribution in [1.82, 2.24) is 9.55 Å². The maximum atomic E-state index is 5.81. The van der Waals surface area contributed by atoms with Crippen LogP contribution in [0.15, 0.2) is 40.9 Å². The highest BCUT2D eigenvalue weighted by atomic mass is 79.9. The Bertz CT molecular complexity index is 774. The quantitative estimate of drug-likeness (QED) is 0.690. The van der Waals surface area contributed by atoms with E-state index >= 15 is 0 Å². The van der Waals surface area contributed by atoms with Crippen molar-refractivity contribution in [2.24, 2.45) is 0 Å². The van der Waals surface area contributed by atoms with Crippen LogP contribution in [0.25, 0.3) is 16.7 Å². The van der Waals surface area contributed by atoms with Gasteiger partial charge in [-0.1, -0.05) is 22.0 Å². The summed E-state index contributed by atoms with van der Waals surface area (Å²) in [5.74, 6) is 0.955. The van der Waals surface area contributed by atoms with Gasteiger partial charge in [-0.2, -0.15) is 0 Å². The number of aryl methyl sites for hydroxylation is 2. The predicted molar refractivity (Wildman–Crippen MR) is 82.7 cm³/mol. The number of rotatable bonds is 1. The third-order valence-corrected chi connectivity index (χ3v) is 4.11. The third kappa shape index (κ3) is 2.02. The van der Waals surface area contributed by atoms with Crippen molar-refractivity contribution < 1.29 is 0 Å². The third-order valence-electron chi connectivity index (χ3n) is 3.26. The average molecular weight is 316 g/mol. The molecule has 2 aromatic carbocycles. The van der Waals surface area contributed by atoms with E-state index in [0.29, 0.717) is 0 Å². The highest BCUT2D eigenvalue weighted by Crippen LogP contribution is 2.26. The largest absolute Gasteiger partial charge is 0.399 e. The van der Waals surface area contributed by atoms with Crippen molar-refractivity contribution in [3.8, 4) is 5.69 Å². The summed E-state index contributed by atoms with van der Waals surface area (Å²) in [6, 6.07) is 12.1. The number of benzene rings is 2. The molecule has 0 saturated heterocycles. The Labute approximate surface area is 120 Å². The summed E-state index contributed by atoms with van der Waals surface area (Å²) >= 11 is 3.58. The lowest BCUT2D eigenvalue weighted by molar-refractivity contribution is 0.998. The molecule has 0 spiro atoms. The number of anilines is 1. The van der Waals surface area contributed by atoms with Crippen LogP contribution in [0.5, 0.6) is 0 Å². The van der Waals surface area contributed by atoms with Gasteiger partial charge in [-0.3, -0.25) is 4.57 Å². The van der Waals surface area contributed by atoms with Gasteiger partial charge in [0.25, 0.3) is 0 Å². The Balaban J connectivity index is 2.29. The molecule has 19 heavy (non-hydrogen) atoms. The van der Waals surface area contributed by atoms with E-state index in [1.165, 1.54) is 5.56 Å². The van der Waals surface area contributed by atoms with E-state index in [2.05, 4.69) is 50.6 Å². The summed E-state index contributed by atoms with van der Waals surface area (Å²) < 4.78 is 3.24. The first kappa shape index (κ1) is 12.2. The SMILES string of the molecule is Cc1ccc(-n2c(C)nc3cc(N)ccc32)cc1Br. The molecular formula is C15H14BrN3. The monoisotopic (exact) mass is 315 g/mol. The fourth-order valence-corrected chi connectivity index (χ4v) is 2.63. The van der Waals surface area contributed by atoms with Crippen molar-refractivity contribution in [2.45, 2.75) is 13.8 Å². The highest BCUT2D eigenvalue weighted by Gasteiger charge is 2.10. The number of nitrogens with two attached hydrogens (primary N) is 1. The molecule has 0 radical (unpaired) electrons. The molecule has 3 rings (SSSR count). The highest BCUT2D eigenvalue weighted by molar-refractivity contribution is 9.10. The molecular weight excluding hydrogens is 302 g/mol. The number of hydrogen-bond donors (Lipinski definition) is 1. The van der Waals surface area contributed by atoms with Crippen LogP contribution in [0.4, 0.5) is 5.69 Å². The van der Waals surface area contributed by atoms with E-state index in [0.717, 1.165) is 32.7 Å². The Morgan fingerprint density at radius 2 is 1.89 bits per heavy atom. The maximum absolute atomic E-state index is 5.81. The zero-order valence-corrected chi connectivity index (χ0v) is 12.4. The molecule has 96 valence electrons. The smallest absolute Gasteiger partial charge is 0.111 e. The van der Waals surface area contributed by atoms with Gasteiger partial charge < -0.3 is 5.73 Å². The predicted octanol–water partition coefficient (Wildman–Crippen LogP) is 3.99. The van der Waals surface area contributed by atoms with Gasteiger partial charge in [0.1, 0.15) is 5.82 Å². The number of nitrogen functional groups attached to an aromatic ring is 1. The van der Waals surface area contributed by atoms with Crippen molar-refractivity contribution in [3.63, 3.8) is 0 Å². The van der Waals surface area contributed by atoms with Gasteiger partial charge in [0.15, 0.2) is 0 Å². The topological polar surface area (TPSA) is 43.8 Å². The van der Waals surface area contributed by atoms with E-state index in [1.807, 2.05) is 25.1 Å². The fraction of sp³-hybridized carbons (Fsp3) is 0.133.